The van der Waals surface area contributed by atoms with Crippen LogP contribution >= 0.6 is 0 Å². The average molecular weight is 220 g/mol. The van der Waals surface area contributed by atoms with Crippen LogP contribution in [0.5, 0.6) is 0 Å². The van der Waals surface area contributed by atoms with Gasteiger partial charge in [0.05, 0.1) is 4.92 Å². The van der Waals surface area contributed by atoms with Gasteiger partial charge in [-0.3, -0.25) is 14.9 Å². The lowest BCUT2D eigenvalue weighted by Crippen LogP contribution is -2.24. The number of carbonyl (C=O) groups is 1. The van der Waals surface area contributed by atoms with Crippen LogP contribution in [0.3, 0.4) is 0 Å². The molecule has 0 saturated heterocycles. The number of hydrogen-bond acceptors (Lipinski definition) is 3. The molecular formula is C11H12N2O3. The molecule has 1 N–H and O–H groups in total. The Bertz CT molecular complexity index is 415. The lowest BCUT2D eigenvalue weighted by Gasteiger charge is -2.02. The maximum atomic E-state index is 11.5. The number of nitrogens with one attached hydrogen (secondary N) is 1. The number of amides is 1. The molecule has 0 unspecified atom stereocenters. The van der Waals surface area contributed by atoms with Crippen molar-refractivity contribution >= 4 is 11.6 Å². The minimum Gasteiger partial charge on any atom is -0.352 e. The third-order valence-corrected chi connectivity index (χ3v) is 1.95. The molecule has 84 valence electrons. The lowest BCUT2D eigenvalue weighted by atomic mass is 10.2. The third kappa shape index (κ3) is 3.20. The highest BCUT2D eigenvalue weighted by molar-refractivity contribution is 5.94. The van der Waals surface area contributed by atoms with E-state index in [2.05, 4.69) is 11.9 Å². The number of benzene rings is 1. The van der Waals surface area contributed by atoms with Crippen LogP contribution in [-0.4, -0.2) is 17.4 Å². The van der Waals surface area contributed by atoms with Gasteiger partial charge in [-0.05, 0) is 12.5 Å². The average Bonchev–Trinajstić information content (AvgIpc) is 2.29. The molecule has 0 radical (unpaired) electrons. The van der Waals surface area contributed by atoms with E-state index in [-0.39, 0.29) is 11.6 Å². The maximum Gasteiger partial charge on any atom is 0.270 e. The summed E-state index contributed by atoms with van der Waals surface area (Å²) in [6.07, 6.45) is 2.36. The number of nitrogens with zero attached hydrogens (tertiary/aromatic N) is 1. The normalized spacial score (nSPS) is 9.50. The van der Waals surface area contributed by atoms with Gasteiger partial charge in [0.2, 0.25) is 0 Å². The van der Waals surface area contributed by atoms with E-state index < -0.39 is 4.92 Å². The molecule has 5 heteroatoms. The predicted molar refractivity (Wildman–Crippen MR) is 60.2 cm³/mol. The molecule has 0 saturated carbocycles. The van der Waals surface area contributed by atoms with Crippen LogP contribution < -0.4 is 5.32 Å². The van der Waals surface area contributed by atoms with Crippen LogP contribution in [0.15, 0.2) is 36.9 Å². The minimum atomic E-state index is -0.527. The van der Waals surface area contributed by atoms with E-state index in [0.29, 0.717) is 18.5 Å². The Morgan fingerprint density at radius 3 is 2.94 bits per heavy atom. The van der Waals surface area contributed by atoms with E-state index in [4.69, 9.17) is 0 Å². The zero-order valence-electron chi connectivity index (χ0n) is 8.68. The number of rotatable bonds is 5. The largest absolute Gasteiger partial charge is 0.352 e. The molecule has 1 rings (SSSR count). The summed E-state index contributed by atoms with van der Waals surface area (Å²) < 4.78 is 0. The third-order valence-electron chi connectivity index (χ3n) is 1.95. The molecular weight excluding hydrogens is 208 g/mol. The summed E-state index contributed by atoms with van der Waals surface area (Å²) >= 11 is 0. The van der Waals surface area contributed by atoms with Crippen LogP contribution in [0.2, 0.25) is 0 Å². The predicted octanol–water partition coefficient (Wildman–Crippen LogP) is 1.90. The summed E-state index contributed by atoms with van der Waals surface area (Å²) in [5.41, 5.74) is 0.203. The minimum absolute atomic E-state index is 0.0867. The molecule has 0 heterocycles. The first-order chi connectivity index (χ1) is 7.65. The molecule has 1 aromatic carbocycles. The SMILES string of the molecule is C=CCCNC(=O)c1cccc([N+](=O)[O-])c1. The van der Waals surface area contributed by atoms with Gasteiger partial charge in [0.25, 0.3) is 11.6 Å². The van der Waals surface area contributed by atoms with E-state index in [1.807, 2.05) is 0 Å². The Kier molecular flexibility index (Phi) is 4.20. The molecule has 0 aliphatic rings. The van der Waals surface area contributed by atoms with Gasteiger partial charge in [0, 0.05) is 24.2 Å². The van der Waals surface area contributed by atoms with Gasteiger partial charge in [-0.2, -0.15) is 0 Å². The summed E-state index contributed by atoms with van der Waals surface area (Å²) in [4.78, 5) is 21.5. The van der Waals surface area contributed by atoms with Crippen LogP contribution in [0.1, 0.15) is 16.8 Å². The molecule has 0 fully saturated rings. The van der Waals surface area contributed by atoms with Crippen molar-refractivity contribution in [2.75, 3.05) is 6.54 Å². The highest BCUT2D eigenvalue weighted by Gasteiger charge is 2.10. The van der Waals surface area contributed by atoms with Crippen molar-refractivity contribution in [3.63, 3.8) is 0 Å². The van der Waals surface area contributed by atoms with Gasteiger partial charge in [-0.25, -0.2) is 0 Å². The van der Waals surface area contributed by atoms with E-state index in [1.165, 1.54) is 24.3 Å². The number of carbonyl (C=O) groups excluding carboxylic acids is 1. The van der Waals surface area contributed by atoms with Crippen molar-refractivity contribution in [2.24, 2.45) is 0 Å². The van der Waals surface area contributed by atoms with Crippen molar-refractivity contribution < 1.29 is 9.72 Å². The first-order valence-electron chi connectivity index (χ1n) is 4.78. The molecule has 1 amide bonds. The number of nitro groups is 1. The van der Waals surface area contributed by atoms with Gasteiger partial charge in [0.1, 0.15) is 0 Å². The van der Waals surface area contributed by atoms with Gasteiger partial charge in [-0.1, -0.05) is 12.1 Å². The van der Waals surface area contributed by atoms with Crippen molar-refractivity contribution in [3.8, 4) is 0 Å². The Balaban J connectivity index is 2.71. The van der Waals surface area contributed by atoms with Crippen LogP contribution in [0.4, 0.5) is 5.69 Å². The van der Waals surface area contributed by atoms with Gasteiger partial charge in [-0.15, -0.1) is 6.58 Å². The topological polar surface area (TPSA) is 72.2 Å². The summed E-state index contributed by atoms with van der Waals surface area (Å²) in [5, 5.41) is 13.1. The first-order valence-corrected chi connectivity index (χ1v) is 4.78. The molecule has 5 nitrogen and oxygen atoms in total. The van der Waals surface area contributed by atoms with Crippen molar-refractivity contribution in [1.82, 2.24) is 5.32 Å². The zero-order valence-corrected chi connectivity index (χ0v) is 8.68. The monoisotopic (exact) mass is 220 g/mol. The van der Waals surface area contributed by atoms with Gasteiger partial charge < -0.3 is 5.32 Å². The molecule has 16 heavy (non-hydrogen) atoms. The Hall–Kier alpha value is -2.17. The highest BCUT2D eigenvalue weighted by atomic mass is 16.6. The quantitative estimate of drug-likeness (QED) is 0.356. The van der Waals surface area contributed by atoms with Crippen LogP contribution in [-0.2, 0) is 0 Å². The number of hydrogen-bond donors (Lipinski definition) is 1. The maximum absolute atomic E-state index is 11.5. The second-order valence-electron chi connectivity index (χ2n) is 3.14. The molecule has 0 bridgehead atoms. The van der Waals surface area contributed by atoms with Crippen molar-refractivity contribution in [1.29, 1.82) is 0 Å². The van der Waals surface area contributed by atoms with Crippen molar-refractivity contribution in [3.05, 3.63) is 52.6 Å². The number of non-ortho nitro benzene ring substituents is 1. The summed E-state index contributed by atoms with van der Waals surface area (Å²) in [7, 11) is 0. The fourth-order valence-corrected chi connectivity index (χ4v) is 1.15. The Morgan fingerprint density at radius 2 is 2.31 bits per heavy atom. The fourth-order valence-electron chi connectivity index (χ4n) is 1.15. The van der Waals surface area contributed by atoms with Gasteiger partial charge in [0.15, 0.2) is 0 Å². The molecule has 0 aromatic heterocycles. The van der Waals surface area contributed by atoms with E-state index in [1.54, 1.807) is 6.08 Å². The van der Waals surface area contributed by atoms with E-state index >= 15 is 0 Å². The van der Waals surface area contributed by atoms with E-state index in [9.17, 15) is 14.9 Å². The summed E-state index contributed by atoms with van der Waals surface area (Å²) in [5.74, 6) is -0.314. The standard InChI is InChI=1S/C11H12N2O3/c1-2-3-7-12-11(14)9-5-4-6-10(8-9)13(15)16/h2,4-6,8H,1,3,7H2,(H,12,14). The summed E-state index contributed by atoms with van der Waals surface area (Å²) in [6.45, 7) is 4.00. The molecule has 0 aliphatic carbocycles. The van der Waals surface area contributed by atoms with Crippen LogP contribution in [0, 0.1) is 10.1 Å². The lowest BCUT2D eigenvalue weighted by molar-refractivity contribution is -0.384. The smallest absolute Gasteiger partial charge is 0.270 e. The van der Waals surface area contributed by atoms with Crippen molar-refractivity contribution in [2.45, 2.75) is 6.42 Å². The summed E-state index contributed by atoms with van der Waals surface area (Å²) in [6, 6.07) is 5.63. The first kappa shape index (κ1) is 11.9. The van der Waals surface area contributed by atoms with Crippen LogP contribution in [0.25, 0.3) is 0 Å². The second kappa shape index (κ2) is 5.65. The van der Waals surface area contributed by atoms with E-state index in [0.717, 1.165) is 0 Å². The zero-order chi connectivity index (χ0) is 12.0. The molecule has 1 aromatic rings. The molecule has 0 spiro atoms. The van der Waals surface area contributed by atoms with Gasteiger partial charge >= 0.3 is 0 Å². The second-order valence-corrected chi connectivity index (χ2v) is 3.14. The Morgan fingerprint density at radius 1 is 1.56 bits per heavy atom. The number of nitro benzene ring substituents is 1. The Labute approximate surface area is 92.9 Å². The molecule has 0 aliphatic heterocycles. The molecule has 0 atom stereocenters. The fraction of sp³-hybridized carbons (Fsp3) is 0.182. The highest BCUT2D eigenvalue weighted by Crippen LogP contribution is 2.12.